The highest BCUT2D eigenvalue weighted by atomic mass is 16.4. The molecule has 0 spiro atoms. The molecule has 5 nitrogen and oxygen atoms in total. The first-order valence-electron chi connectivity index (χ1n) is 7.39. The van der Waals surface area contributed by atoms with Crippen molar-refractivity contribution in [1.29, 1.82) is 0 Å². The van der Waals surface area contributed by atoms with Crippen LogP contribution in [-0.2, 0) is 4.79 Å². The number of carbonyl (C=O) groups excluding carboxylic acids is 1. The van der Waals surface area contributed by atoms with Crippen molar-refractivity contribution in [3.63, 3.8) is 0 Å². The summed E-state index contributed by atoms with van der Waals surface area (Å²) in [5.74, 6) is 0.571. The minimum Gasteiger partial charge on any atom is -0.409 e. The van der Waals surface area contributed by atoms with Crippen molar-refractivity contribution in [3.05, 3.63) is 0 Å². The van der Waals surface area contributed by atoms with E-state index in [0.29, 0.717) is 18.8 Å². The summed E-state index contributed by atoms with van der Waals surface area (Å²) >= 11 is 0. The second kappa shape index (κ2) is 5.80. The van der Waals surface area contributed by atoms with Crippen LogP contribution in [0.1, 0.15) is 58.3 Å². The van der Waals surface area contributed by atoms with Crippen molar-refractivity contribution in [2.24, 2.45) is 22.2 Å². The average Bonchev–Trinajstić information content (AvgIpc) is 2.38. The highest BCUT2D eigenvalue weighted by Crippen LogP contribution is 2.41. The number of amidine groups is 1. The minimum absolute atomic E-state index is 0.0621. The number of carbonyl (C=O) groups is 1. The number of hydrogen-bond acceptors (Lipinski definition) is 3. The summed E-state index contributed by atoms with van der Waals surface area (Å²) in [6.07, 6.45) is 8.55. The molecule has 1 amide bonds. The molecule has 19 heavy (non-hydrogen) atoms. The molecule has 2 rings (SSSR count). The lowest BCUT2D eigenvalue weighted by Crippen LogP contribution is -2.56. The van der Waals surface area contributed by atoms with Crippen LogP contribution in [0.3, 0.4) is 0 Å². The Morgan fingerprint density at radius 1 is 1.32 bits per heavy atom. The van der Waals surface area contributed by atoms with Gasteiger partial charge >= 0.3 is 0 Å². The smallest absolute Gasteiger partial charge is 0.234 e. The summed E-state index contributed by atoms with van der Waals surface area (Å²) in [6, 6.07) is 0.178. The van der Waals surface area contributed by atoms with Crippen LogP contribution in [0.5, 0.6) is 0 Å². The Morgan fingerprint density at radius 2 is 1.95 bits per heavy atom. The highest BCUT2D eigenvalue weighted by Gasteiger charge is 2.48. The molecule has 0 aromatic rings. The predicted molar refractivity (Wildman–Crippen MR) is 73.9 cm³/mol. The van der Waals surface area contributed by atoms with Gasteiger partial charge in [-0.05, 0) is 38.5 Å². The summed E-state index contributed by atoms with van der Waals surface area (Å²) in [4.78, 5) is 12.4. The zero-order valence-electron chi connectivity index (χ0n) is 11.7. The van der Waals surface area contributed by atoms with Crippen LogP contribution < -0.4 is 11.1 Å². The van der Waals surface area contributed by atoms with E-state index in [9.17, 15) is 4.79 Å². The standard InChI is InChI=1S/C14H25N3O2/c1-10(11-6-3-2-4-7-11)16-13(18)14(8-5-9-14)12(15)17-19/h10-11,19H,2-9H2,1H3,(H2,15,17)(H,16,18). The fourth-order valence-corrected chi connectivity index (χ4v) is 3.32. The molecule has 2 saturated carbocycles. The maximum atomic E-state index is 12.4. The molecule has 2 aliphatic rings. The number of hydrogen-bond donors (Lipinski definition) is 3. The van der Waals surface area contributed by atoms with Crippen molar-refractivity contribution in [1.82, 2.24) is 5.32 Å². The molecular formula is C14H25N3O2. The predicted octanol–water partition coefficient (Wildman–Crippen LogP) is 1.99. The molecule has 0 saturated heterocycles. The molecular weight excluding hydrogens is 242 g/mol. The Bertz CT molecular complexity index is 358. The SMILES string of the molecule is CC(NC(=O)C1(C(N)=NO)CCC1)C1CCCCC1. The normalized spacial score (nSPS) is 25.4. The van der Waals surface area contributed by atoms with Gasteiger partial charge in [0.25, 0.3) is 0 Å². The summed E-state index contributed by atoms with van der Waals surface area (Å²) in [6.45, 7) is 2.08. The van der Waals surface area contributed by atoms with Gasteiger partial charge in [-0.2, -0.15) is 0 Å². The number of nitrogens with zero attached hydrogens (tertiary/aromatic N) is 1. The second-order valence-electron chi connectivity index (χ2n) is 6.08. The minimum atomic E-state index is -0.752. The molecule has 0 aromatic heterocycles. The van der Waals surface area contributed by atoms with E-state index in [1.165, 1.54) is 32.1 Å². The van der Waals surface area contributed by atoms with Gasteiger partial charge < -0.3 is 16.3 Å². The Kier molecular flexibility index (Phi) is 4.32. The monoisotopic (exact) mass is 267 g/mol. The van der Waals surface area contributed by atoms with Crippen molar-refractivity contribution in [2.45, 2.75) is 64.3 Å². The van der Waals surface area contributed by atoms with Gasteiger partial charge in [0.15, 0.2) is 5.84 Å². The van der Waals surface area contributed by atoms with Crippen LogP contribution in [-0.4, -0.2) is 23.0 Å². The van der Waals surface area contributed by atoms with Gasteiger partial charge in [-0.15, -0.1) is 0 Å². The molecule has 0 bridgehead atoms. The summed E-state index contributed by atoms with van der Waals surface area (Å²) in [5.41, 5.74) is 4.96. The Labute approximate surface area is 114 Å². The third-order valence-electron chi connectivity index (χ3n) is 4.96. The number of nitrogens with two attached hydrogens (primary N) is 1. The first-order chi connectivity index (χ1) is 9.10. The van der Waals surface area contributed by atoms with E-state index in [0.717, 1.165) is 6.42 Å². The van der Waals surface area contributed by atoms with Crippen LogP contribution in [0.25, 0.3) is 0 Å². The summed E-state index contributed by atoms with van der Waals surface area (Å²) < 4.78 is 0. The van der Waals surface area contributed by atoms with Crippen LogP contribution in [0.4, 0.5) is 0 Å². The van der Waals surface area contributed by atoms with Crippen LogP contribution in [0.2, 0.25) is 0 Å². The Balaban J connectivity index is 1.96. The van der Waals surface area contributed by atoms with Gasteiger partial charge in [0.05, 0.1) is 0 Å². The van der Waals surface area contributed by atoms with E-state index < -0.39 is 5.41 Å². The summed E-state index contributed by atoms with van der Waals surface area (Å²) in [7, 11) is 0. The molecule has 0 heterocycles. The molecule has 108 valence electrons. The third kappa shape index (κ3) is 2.69. The lowest BCUT2D eigenvalue weighted by molar-refractivity contribution is -0.132. The zero-order chi connectivity index (χ0) is 13.9. The van der Waals surface area contributed by atoms with Gasteiger partial charge in [0, 0.05) is 6.04 Å². The number of nitrogens with one attached hydrogen (secondary N) is 1. The highest BCUT2D eigenvalue weighted by molar-refractivity contribution is 6.07. The molecule has 4 N–H and O–H groups in total. The van der Waals surface area contributed by atoms with E-state index in [4.69, 9.17) is 10.9 Å². The third-order valence-corrected chi connectivity index (χ3v) is 4.96. The average molecular weight is 267 g/mol. The molecule has 0 radical (unpaired) electrons. The second-order valence-corrected chi connectivity index (χ2v) is 6.08. The van der Waals surface area contributed by atoms with Crippen LogP contribution in [0.15, 0.2) is 5.16 Å². The lowest BCUT2D eigenvalue weighted by atomic mass is 9.67. The number of oxime groups is 1. The molecule has 1 atom stereocenters. The fraction of sp³-hybridized carbons (Fsp3) is 0.857. The number of amides is 1. The van der Waals surface area contributed by atoms with Crippen LogP contribution in [0, 0.1) is 11.3 Å². The largest absolute Gasteiger partial charge is 0.409 e. The van der Waals surface area contributed by atoms with Crippen molar-refractivity contribution in [3.8, 4) is 0 Å². The maximum absolute atomic E-state index is 12.4. The molecule has 0 aliphatic heterocycles. The first-order valence-corrected chi connectivity index (χ1v) is 7.39. The Hall–Kier alpha value is -1.26. The fourth-order valence-electron chi connectivity index (χ4n) is 3.32. The van der Waals surface area contributed by atoms with Crippen molar-refractivity contribution >= 4 is 11.7 Å². The van der Waals surface area contributed by atoms with E-state index >= 15 is 0 Å². The van der Waals surface area contributed by atoms with Crippen LogP contribution >= 0.6 is 0 Å². The first kappa shape index (κ1) is 14.2. The zero-order valence-corrected chi connectivity index (χ0v) is 11.7. The van der Waals surface area contributed by atoms with E-state index in [-0.39, 0.29) is 17.8 Å². The molecule has 5 heteroatoms. The van der Waals surface area contributed by atoms with Gasteiger partial charge in [-0.1, -0.05) is 30.8 Å². The lowest BCUT2D eigenvalue weighted by Gasteiger charge is -2.40. The van der Waals surface area contributed by atoms with Crippen molar-refractivity contribution in [2.75, 3.05) is 0 Å². The van der Waals surface area contributed by atoms with E-state index in [1.54, 1.807) is 0 Å². The van der Waals surface area contributed by atoms with Gasteiger partial charge in [0.1, 0.15) is 5.41 Å². The van der Waals surface area contributed by atoms with Gasteiger partial charge in [-0.25, -0.2) is 0 Å². The molecule has 0 aromatic carbocycles. The molecule has 2 aliphatic carbocycles. The van der Waals surface area contributed by atoms with E-state index in [2.05, 4.69) is 17.4 Å². The molecule has 2 fully saturated rings. The molecule has 1 unspecified atom stereocenters. The topological polar surface area (TPSA) is 87.7 Å². The quantitative estimate of drug-likeness (QED) is 0.315. The van der Waals surface area contributed by atoms with E-state index in [1.807, 2.05) is 0 Å². The maximum Gasteiger partial charge on any atom is 0.234 e. The van der Waals surface area contributed by atoms with Gasteiger partial charge in [0.2, 0.25) is 5.91 Å². The number of rotatable bonds is 4. The Morgan fingerprint density at radius 3 is 2.42 bits per heavy atom. The van der Waals surface area contributed by atoms with Gasteiger partial charge in [-0.3, -0.25) is 4.79 Å². The van der Waals surface area contributed by atoms with Crippen molar-refractivity contribution < 1.29 is 10.0 Å². The summed E-state index contributed by atoms with van der Waals surface area (Å²) in [5, 5.41) is 15.0.